The van der Waals surface area contributed by atoms with Crippen molar-refractivity contribution in [2.24, 2.45) is 0 Å². The fourth-order valence-electron chi connectivity index (χ4n) is 1.65. The van der Waals surface area contributed by atoms with E-state index in [4.69, 9.17) is 20.5 Å². The number of anilines is 1. The number of methoxy groups -OCH3 is 1. The summed E-state index contributed by atoms with van der Waals surface area (Å²) in [7, 11) is 1.57. The second-order valence-corrected chi connectivity index (χ2v) is 4.10. The van der Waals surface area contributed by atoms with Crippen LogP contribution in [-0.2, 0) is 0 Å². The summed E-state index contributed by atoms with van der Waals surface area (Å²) in [5.41, 5.74) is 7.74. The van der Waals surface area contributed by atoms with Gasteiger partial charge in [-0.2, -0.15) is 5.26 Å². The Kier molecular flexibility index (Phi) is 3.58. The van der Waals surface area contributed by atoms with Crippen molar-refractivity contribution in [3.8, 4) is 23.3 Å². The van der Waals surface area contributed by atoms with E-state index in [1.54, 1.807) is 37.4 Å². The molecular weight excluding hydrogens is 240 g/mol. The monoisotopic (exact) mass is 254 g/mol. The maximum absolute atomic E-state index is 9.09. The van der Waals surface area contributed by atoms with Gasteiger partial charge in [-0.1, -0.05) is 6.07 Å². The standard InChI is InChI=1S/C15H14N2O2/c1-10-3-5-12(17)7-14(10)19-15-8-13(18-2)6-4-11(15)9-16/h3-8H,17H2,1-2H3. The molecule has 0 amide bonds. The predicted octanol–water partition coefficient (Wildman–Crippen LogP) is 3.25. The van der Waals surface area contributed by atoms with Crippen molar-refractivity contribution in [2.75, 3.05) is 12.8 Å². The minimum Gasteiger partial charge on any atom is -0.497 e. The average molecular weight is 254 g/mol. The Bertz CT molecular complexity index is 645. The van der Waals surface area contributed by atoms with Gasteiger partial charge in [-0.15, -0.1) is 0 Å². The number of nitrogens with zero attached hydrogens (tertiary/aromatic N) is 1. The Hall–Kier alpha value is -2.67. The third-order valence-electron chi connectivity index (χ3n) is 2.74. The van der Waals surface area contributed by atoms with Gasteiger partial charge >= 0.3 is 0 Å². The molecule has 2 N–H and O–H groups in total. The smallest absolute Gasteiger partial charge is 0.148 e. The molecule has 0 spiro atoms. The van der Waals surface area contributed by atoms with Gasteiger partial charge < -0.3 is 15.2 Å². The molecule has 0 aliphatic rings. The quantitative estimate of drug-likeness (QED) is 0.854. The van der Waals surface area contributed by atoms with Crippen LogP contribution in [-0.4, -0.2) is 7.11 Å². The summed E-state index contributed by atoms with van der Waals surface area (Å²) in [4.78, 5) is 0. The Morgan fingerprint density at radius 3 is 2.58 bits per heavy atom. The molecule has 4 heteroatoms. The Labute approximate surface area is 112 Å². The molecule has 0 heterocycles. The first-order valence-electron chi connectivity index (χ1n) is 5.76. The molecule has 4 nitrogen and oxygen atoms in total. The van der Waals surface area contributed by atoms with Gasteiger partial charge in [0, 0.05) is 17.8 Å². The summed E-state index contributed by atoms with van der Waals surface area (Å²) >= 11 is 0. The predicted molar refractivity (Wildman–Crippen MR) is 73.4 cm³/mol. The van der Waals surface area contributed by atoms with Gasteiger partial charge in [0.25, 0.3) is 0 Å². The molecule has 0 atom stereocenters. The molecule has 0 unspecified atom stereocenters. The van der Waals surface area contributed by atoms with Gasteiger partial charge in [-0.25, -0.2) is 0 Å². The van der Waals surface area contributed by atoms with Crippen molar-refractivity contribution in [2.45, 2.75) is 6.92 Å². The molecule has 0 saturated carbocycles. The summed E-state index contributed by atoms with van der Waals surface area (Å²) < 4.78 is 10.9. The van der Waals surface area contributed by atoms with Crippen molar-refractivity contribution in [3.63, 3.8) is 0 Å². The second kappa shape index (κ2) is 5.32. The number of nitrogen functional groups attached to an aromatic ring is 1. The van der Waals surface area contributed by atoms with Gasteiger partial charge in [0.1, 0.15) is 23.3 Å². The number of nitrogens with two attached hydrogens (primary N) is 1. The molecule has 0 aliphatic heterocycles. The first-order valence-corrected chi connectivity index (χ1v) is 5.76. The second-order valence-electron chi connectivity index (χ2n) is 4.10. The highest BCUT2D eigenvalue weighted by atomic mass is 16.5. The fourth-order valence-corrected chi connectivity index (χ4v) is 1.65. The SMILES string of the molecule is COc1ccc(C#N)c(Oc2cc(N)ccc2C)c1. The van der Waals surface area contributed by atoms with E-state index < -0.39 is 0 Å². The molecule has 0 saturated heterocycles. The van der Waals surface area contributed by atoms with Crippen molar-refractivity contribution >= 4 is 5.69 Å². The first-order chi connectivity index (χ1) is 9.13. The molecule has 2 aromatic carbocycles. The minimum atomic E-state index is 0.447. The number of hydrogen-bond acceptors (Lipinski definition) is 4. The van der Waals surface area contributed by atoms with Gasteiger partial charge in [0.05, 0.1) is 12.7 Å². The zero-order chi connectivity index (χ0) is 13.8. The molecule has 0 radical (unpaired) electrons. The largest absolute Gasteiger partial charge is 0.497 e. The molecular formula is C15H14N2O2. The lowest BCUT2D eigenvalue weighted by molar-refractivity contribution is 0.408. The molecule has 2 rings (SSSR count). The van der Waals surface area contributed by atoms with E-state index in [9.17, 15) is 0 Å². The van der Waals surface area contributed by atoms with Crippen LogP contribution in [0, 0.1) is 18.3 Å². The number of benzene rings is 2. The number of aryl methyl sites for hydroxylation is 1. The summed E-state index contributed by atoms with van der Waals surface area (Å²) in [5, 5.41) is 9.09. The summed E-state index contributed by atoms with van der Waals surface area (Å²) in [6.07, 6.45) is 0. The van der Waals surface area contributed by atoms with Gasteiger partial charge in [-0.3, -0.25) is 0 Å². The zero-order valence-corrected chi connectivity index (χ0v) is 10.8. The lowest BCUT2D eigenvalue weighted by Crippen LogP contribution is -1.94. The number of rotatable bonds is 3. The summed E-state index contributed by atoms with van der Waals surface area (Å²) in [6, 6.07) is 12.6. The third kappa shape index (κ3) is 2.78. The van der Waals surface area contributed by atoms with Gasteiger partial charge in [-0.05, 0) is 30.7 Å². The Balaban J connectivity index is 2.42. The molecule has 0 bridgehead atoms. The maximum Gasteiger partial charge on any atom is 0.148 e. The van der Waals surface area contributed by atoms with Gasteiger partial charge in [0.2, 0.25) is 0 Å². The molecule has 0 aliphatic carbocycles. The van der Waals surface area contributed by atoms with Crippen molar-refractivity contribution in [1.82, 2.24) is 0 Å². The topological polar surface area (TPSA) is 68.3 Å². The van der Waals surface area contributed by atoms with E-state index in [0.717, 1.165) is 5.56 Å². The van der Waals surface area contributed by atoms with Crippen LogP contribution in [0.25, 0.3) is 0 Å². The minimum absolute atomic E-state index is 0.447. The van der Waals surface area contributed by atoms with E-state index in [2.05, 4.69) is 6.07 Å². The Morgan fingerprint density at radius 2 is 1.89 bits per heavy atom. The normalized spacial score (nSPS) is 9.74. The molecule has 0 aromatic heterocycles. The lowest BCUT2D eigenvalue weighted by atomic mass is 10.2. The molecule has 2 aromatic rings. The van der Waals surface area contributed by atoms with E-state index in [-0.39, 0.29) is 0 Å². The summed E-state index contributed by atoms with van der Waals surface area (Å²) in [5.74, 6) is 1.72. The van der Waals surface area contributed by atoms with Crippen molar-refractivity contribution in [3.05, 3.63) is 47.5 Å². The zero-order valence-electron chi connectivity index (χ0n) is 10.8. The highest BCUT2D eigenvalue weighted by Gasteiger charge is 2.08. The van der Waals surface area contributed by atoms with E-state index in [1.807, 2.05) is 13.0 Å². The Morgan fingerprint density at radius 1 is 1.11 bits per heavy atom. The number of nitriles is 1. The van der Waals surface area contributed by atoms with Crippen LogP contribution < -0.4 is 15.2 Å². The molecule has 0 fully saturated rings. The molecule has 96 valence electrons. The van der Waals surface area contributed by atoms with Crippen LogP contribution in [0.15, 0.2) is 36.4 Å². The van der Waals surface area contributed by atoms with Crippen molar-refractivity contribution in [1.29, 1.82) is 5.26 Å². The van der Waals surface area contributed by atoms with Gasteiger partial charge in [0.15, 0.2) is 0 Å². The summed E-state index contributed by atoms with van der Waals surface area (Å²) in [6.45, 7) is 1.92. The fraction of sp³-hybridized carbons (Fsp3) is 0.133. The van der Waals surface area contributed by atoms with E-state index in [1.165, 1.54) is 0 Å². The lowest BCUT2D eigenvalue weighted by Gasteiger charge is -2.11. The van der Waals surface area contributed by atoms with E-state index >= 15 is 0 Å². The van der Waals surface area contributed by atoms with Crippen LogP contribution in [0.3, 0.4) is 0 Å². The van der Waals surface area contributed by atoms with Crippen LogP contribution in [0.1, 0.15) is 11.1 Å². The van der Waals surface area contributed by atoms with Crippen LogP contribution >= 0.6 is 0 Å². The maximum atomic E-state index is 9.09. The van der Waals surface area contributed by atoms with Crippen molar-refractivity contribution < 1.29 is 9.47 Å². The average Bonchev–Trinajstić information content (AvgIpc) is 2.42. The first kappa shape index (κ1) is 12.8. The number of hydrogen-bond donors (Lipinski definition) is 1. The van der Waals surface area contributed by atoms with Crippen LogP contribution in [0.4, 0.5) is 5.69 Å². The van der Waals surface area contributed by atoms with Crippen LogP contribution in [0.2, 0.25) is 0 Å². The molecule has 19 heavy (non-hydrogen) atoms. The highest BCUT2D eigenvalue weighted by Crippen LogP contribution is 2.31. The highest BCUT2D eigenvalue weighted by molar-refractivity contribution is 5.53. The number of ether oxygens (including phenoxy) is 2. The van der Waals surface area contributed by atoms with Crippen LogP contribution in [0.5, 0.6) is 17.2 Å². The van der Waals surface area contributed by atoms with E-state index in [0.29, 0.717) is 28.5 Å². The third-order valence-corrected chi connectivity index (χ3v) is 2.74.